The van der Waals surface area contributed by atoms with Crippen LogP contribution in [0.25, 0.3) is 0 Å². The van der Waals surface area contributed by atoms with Crippen LogP contribution in [-0.2, 0) is 18.1 Å². The lowest BCUT2D eigenvalue weighted by Gasteiger charge is -2.51. The van der Waals surface area contributed by atoms with Crippen molar-refractivity contribution in [3.05, 3.63) is 0 Å². The lowest BCUT2D eigenvalue weighted by atomic mass is 10.5. The van der Waals surface area contributed by atoms with Gasteiger partial charge in [0, 0.05) is 24.2 Å². The molecule has 230 valence electrons. The largest absolute Gasteiger partial charge is 0.475 e. The first-order valence-corrected chi connectivity index (χ1v) is 37.8. The maximum Gasteiger partial charge on any atom is 0.475 e. The van der Waals surface area contributed by atoms with Crippen molar-refractivity contribution in [1.29, 1.82) is 0 Å². The van der Waals surface area contributed by atoms with E-state index in [2.05, 4.69) is 139 Å². The van der Waals surface area contributed by atoms with Crippen LogP contribution in [0.15, 0.2) is 0 Å². The highest BCUT2D eigenvalue weighted by molar-refractivity contribution is 7.49. The minimum Gasteiger partial charge on any atom is -0.284 e. The van der Waals surface area contributed by atoms with Gasteiger partial charge in [0.25, 0.3) is 0 Å². The summed E-state index contributed by atoms with van der Waals surface area (Å²) in [6.07, 6.45) is 0. The third kappa shape index (κ3) is 12.0. The van der Waals surface area contributed by atoms with Crippen LogP contribution in [0.4, 0.5) is 0 Å². The molecule has 0 aromatic heterocycles. The fraction of sp³-hybridized carbons (Fsp3) is 1.00. The smallest absolute Gasteiger partial charge is 0.284 e. The molecule has 0 saturated heterocycles. The molecule has 0 aliphatic carbocycles. The summed E-state index contributed by atoms with van der Waals surface area (Å²) in [7, 11) is -14.5. The van der Waals surface area contributed by atoms with Gasteiger partial charge in [-0.1, -0.05) is 118 Å². The number of hydrogen-bond acceptors (Lipinski definition) is 4. The molecule has 3 atom stereocenters. The normalized spacial score (nSPS) is 21.3. The summed E-state index contributed by atoms with van der Waals surface area (Å²) in [4.78, 5) is 0. The Morgan fingerprint density at radius 1 is 0.421 bits per heavy atom. The predicted octanol–water partition coefficient (Wildman–Crippen LogP) is 11.1. The number of hydrogen-bond donors (Lipinski definition) is 0. The predicted molar refractivity (Wildman–Crippen MR) is 191 cm³/mol. The van der Waals surface area contributed by atoms with Gasteiger partial charge in [-0.15, -0.1) is 0 Å². The van der Waals surface area contributed by atoms with E-state index in [1.807, 2.05) is 0 Å². The van der Waals surface area contributed by atoms with Crippen molar-refractivity contribution >= 4 is 56.3 Å². The van der Waals surface area contributed by atoms with Crippen LogP contribution in [0, 0.1) is 0 Å². The highest BCUT2D eigenvalue weighted by Gasteiger charge is 2.57. The maximum absolute atomic E-state index is 15.5. The van der Waals surface area contributed by atoms with Gasteiger partial charge in [0.15, 0.2) is 0 Å². The maximum atomic E-state index is 15.5. The van der Waals surface area contributed by atoms with Gasteiger partial charge < -0.3 is 0 Å². The minimum atomic E-state index is -3.96. The quantitative estimate of drug-likeness (QED) is 0.130. The first-order chi connectivity index (χ1) is 16.0. The highest BCUT2D eigenvalue weighted by atomic mass is 31.2. The molecule has 0 amide bonds. The van der Waals surface area contributed by atoms with E-state index in [9.17, 15) is 0 Å². The summed E-state index contributed by atoms with van der Waals surface area (Å²) in [5.41, 5.74) is 0. The molecule has 0 aliphatic rings. The summed E-state index contributed by atoms with van der Waals surface area (Å²) >= 11 is 0. The first kappa shape index (κ1) is 39.4. The van der Waals surface area contributed by atoms with Gasteiger partial charge in [-0.25, -0.2) is 4.57 Å². The molecule has 38 heavy (non-hydrogen) atoms. The van der Waals surface area contributed by atoms with Crippen LogP contribution < -0.4 is 0 Å². The third-order valence-corrected chi connectivity index (χ3v) is 27.3. The van der Waals surface area contributed by atoms with Crippen LogP contribution in [0.2, 0.25) is 136 Å². The summed E-state index contributed by atoms with van der Waals surface area (Å²) in [5.74, 6) is 0. The van der Waals surface area contributed by atoms with Crippen LogP contribution in [-0.4, -0.2) is 64.1 Å². The van der Waals surface area contributed by atoms with E-state index in [4.69, 9.17) is 13.6 Å². The van der Waals surface area contributed by atoms with Gasteiger partial charge in [0.05, 0.1) is 39.9 Å². The second-order valence-corrected chi connectivity index (χ2v) is 53.9. The Bertz CT molecular complexity index is 733. The van der Waals surface area contributed by atoms with Crippen molar-refractivity contribution in [2.24, 2.45) is 0 Å². The van der Waals surface area contributed by atoms with Crippen molar-refractivity contribution in [2.45, 2.75) is 172 Å². The van der Waals surface area contributed by atoms with Gasteiger partial charge >= 0.3 is 7.82 Å². The average Bonchev–Trinajstić information content (AvgIpc) is 2.44. The van der Waals surface area contributed by atoms with E-state index in [1.54, 1.807) is 0 Å². The molecule has 3 unspecified atom stereocenters. The standard InChI is InChI=1S/C27H69O4PSi6/c1-25(36(13,14)15,22-33(4,5)6)29-32(28,30-26(2,37(16,17)18)23-34(7,8)9)31-27(3,38(19,20)21)24-35(10,11)12/h22-24H2,1-21H3. The molecule has 0 radical (unpaired) electrons. The Labute approximate surface area is 245 Å². The summed E-state index contributed by atoms with van der Waals surface area (Å²) < 4.78 is 36.7. The zero-order valence-corrected chi connectivity index (χ0v) is 36.6. The zero-order valence-electron chi connectivity index (χ0n) is 29.7. The third-order valence-electron chi connectivity index (χ3n) is 8.30. The van der Waals surface area contributed by atoms with Gasteiger partial charge in [-0.2, -0.15) is 0 Å². The molecule has 0 spiro atoms. The Kier molecular flexibility index (Phi) is 12.3. The molecule has 0 saturated carbocycles. The van der Waals surface area contributed by atoms with Crippen LogP contribution in [0.1, 0.15) is 20.8 Å². The second-order valence-electron chi connectivity index (χ2n) is 19.4. The molecule has 0 N–H and O–H groups in total. The molecule has 0 aliphatic heterocycles. The fourth-order valence-electron chi connectivity index (χ4n) is 5.14. The molecule has 0 fully saturated rings. The van der Waals surface area contributed by atoms with E-state index in [0.717, 1.165) is 18.1 Å². The number of rotatable bonds is 15. The summed E-state index contributed by atoms with van der Waals surface area (Å²) in [6, 6.07) is 2.84. The van der Waals surface area contributed by atoms with Crippen molar-refractivity contribution in [1.82, 2.24) is 0 Å². The fourth-order valence-corrected chi connectivity index (χ4v) is 29.0. The molecule has 11 heteroatoms. The van der Waals surface area contributed by atoms with Gasteiger partial charge in [-0.3, -0.25) is 13.6 Å². The second kappa shape index (κ2) is 11.8. The molecule has 0 heterocycles. The molecule has 4 nitrogen and oxygen atoms in total. The Hall–Kier alpha value is 1.41. The Morgan fingerprint density at radius 2 is 0.579 bits per heavy atom. The van der Waals surface area contributed by atoms with Gasteiger partial charge in [0.1, 0.15) is 0 Å². The topological polar surface area (TPSA) is 44.8 Å². The Balaban J connectivity index is 7.30. The summed E-state index contributed by atoms with van der Waals surface area (Å²) in [6.45, 7) is 49.2. The van der Waals surface area contributed by atoms with Crippen molar-refractivity contribution in [3.63, 3.8) is 0 Å². The lowest BCUT2D eigenvalue weighted by molar-refractivity contribution is 0.0123. The Morgan fingerprint density at radius 3 is 0.684 bits per heavy atom. The van der Waals surface area contributed by atoms with Crippen LogP contribution >= 0.6 is 7.82 Å². The van der Waals surface area contributed by atoms with Crippen LogP contribution in [0.3, 0.4) is 0 Å². The van der Waals surface area contributed by atoms with E-state index < -0.39 is 71.9 Å². The monoisotopic (exact) mass is 656 g/mol. The molecule has 0 rings (SSSR count). The highest BCUT2D eigenvalue weighted by Crippen LogP contribution is 2.63. The van der Waals surface area contributed by atoms with E-state index >= 15 is 4.57 Å². The van der Waals surface area contributed by atoms with Crippen molar-refractivity contribution < 1.29 is 18.1 Å². The van der Waals surface area contributed by atoms with E-state index in [0.29, 0.717) is 0 Å². The number of phosphoric acid groups is 1. The minimum absolute atomic E-state index is 0.508. The van der Waals surface area contributed by atoms with Gasteiger partial charge in [-0.05, 0) is 38.9 Å². The molecular weight excluding hydrogens is 588 g/mol. The summed E-state index contributed by atoms with van der Waals surface area (Å²) in [5, 5.41) is -1.52. The van der Waals surface area contributed by atoms with Crippen LogP contribution in [0.5, 0.6) is 0 Å². The van der Waals surface area contributed by atoms with Crippen molar-refractivity contribution in [2.75, 3.05) is 0 Å². The molecule has 0 aromatic rings. The average molecular weight is 657 g/mol. The number of phosphoric ester groups is 1. The first-order valence-electron chi connectivity index (χ1n) is 14.7. The zero-order chi connectivity index (χ0) is 31.2. The van der Waals surface area contributed by atoms with Gasteiger partial charge in [0.2, 0.25) is 0 Å². The van der Waals surface area contributed by atoms with E-state index in [-0.39, 0.29) is 0 Å². The lowest BCUT2D eigenvalue weighted by Crippen LogP contribution is -2.59. The van der Waals surface area contributed by atoms with E-state index in [1.165, 1.54) is 0 Å². The molecule has 0 bridgehead atoms. The molecular formula is C27H69O4PSi6. The SMILES string of the molecule is CC(C[Si](C)(C)C)(OP(=O)(OC(C)(C[Si](C)(C)C)[Si](C)(C)C)OC(C)(C[Si](C)(C)C)[Si](C)(C)C)[Si](C)(C)C. The molecule has 0 aromatic carbocycles. The van der Waals surface area contributed by atoms with Crippen molar-refractivity contribution in [3.8, 4) is 0 Å².